The van der Waals surface area contributed by atoms with Crippen LogP contribution in [0.2, 0.25) is 13.1 Å². The van der Waals surface area contributed by atoms with E-state index in [0.717, 1.165) is 51.3 Å². The lowest BCUT2D eigenvalue weighted by Crippen LogP contribution is -2.41. The van der Waals surface area contributed by atoms with E-state index >= 15 is 0 Å². The van der Waals surface area contributed by atoms with Gasteiger partial charge >= 0.3 is 8.56 Å². The molecule has 0 saturated carbocycles. The lowest BCUT2D eigenvalue weighted by molar-refractivity contribution is -0.0829. The summed E-state index contributed by atoms with van der Waals surface area (Å²) >= 11 is 0. The zero-order valence-electron chi connectivity index (χ0n) is 34.6. The quantitative estimate of drug-likeness (QED) is 0.0154. The largest absolute Gasteiger partial charge is 0.394 e. The molecule has 0 aromatic carbocycles. The maximum Gasteiger partial charge on any atom is 0.333 e. The molecule has 300 valence electrons. The van der Waals surface area contributed by atoms with Crippen LogP contribution in [0, 0.1) is 12.3 Å². The van der Waals surface area contributed by atoms with E-state index in [0.29, 0.717) is 0 Å². The third kappa shape index (κ3) is 40.8. The van der Waals surface area contributed by atoms with E-state index in [1.54, 1.807) is 0 Å². The molecule has 0 amide bonds. The molecule has 0 spiro atoms. The Morgan fingerprint density at radius 3 is 1.76 bits per heavy atom. The van der Waals surface area contributed by atoms with Crippen molar-refractivity contribution in [3.63, 3.8) is 0 Å². The third-order valence-electron chi connectivity index (χ3n) is 9.18. The monoisotopic (exact) mass is 768 g/mol. The minimum absolute atomic E-state index is 0.179. The second-order valence-corrected chi connectivity index (χ2v) is 20.8. The van der Waals surface area contributed by atoms with Crippen LogP contribution in [0.4, 0.5) is 0 Å². The smallest absolute Gasteiger partial charge is 0.333 e. The molecule has 0 aromatic heterocycles. The topological polar surface area (TPSA) is 30.9 Å². The minimum atomic E-state index is -2.27. The van der Waals surface area contributed by atoms with Gasteiger partial charge in [0.2, 0.25) is 0 Å². The van der Waals surface area contributed by atoms with E-state index < -0.39 is 8.56 Å². The normalized spacial score (nSPS) is 12.9. The zero-order chi connectivity index (χ0) is 37.4. The summed E-state index contributed by atoms with van der Waals surface area (Å²) in [6, 6.07) is 0. The highest BCUT2D eigenvalue weighted by Crippen LogP contribution is 2.27. The molecule has 0 fully saturated rings. The number of allylic oxidation sites excluding steroid dienone is 4. The summed E-state index contributed by atoms with van der Waals surface area (Å²) in [5.74, 6) is 4.81. The number of ether oxygens (including phenoxy) is 1. The van der Waals surface area contributed by atoms with Crippen LogP contribution >= 0.6 is 21.6 Å². The molecule has 0 saturated heterocycles. The molecule has 0 aliphatic carbocycles. The Morgan fingerprint density at radius 2 is 1.14 bits per heavy atom. The third-order valence-corrected chi connectivity index (χ3v) is 13.3. The first kappa shape index (κ1) is 50.8. The van der Waals surface area contributed by atoms with Crippen LogP contribution in [-0.4, -0.2) is 64.6 Å². The molecule has 4 nitrogen and oxygen atoms in total. The lowest BCUT2D eigenvalue weighted by atomic mass is 10.1. The summed E-state index contributed by atoms with van der Waals surface area (Å²) in [6.45, 7) is 12.3. The number of nitrogens with zero attached hydrogens (tertiary/aromatic N) is 1. The second-order valence-electron chi connectivity index (χ2n) is 14.9. The van der Waals surface area contributed by atoms with Gasteiger partial charge in [-0.1, -0.05) is 175 Å². The van der Waals surface area contributed by atoms with E-state index in [9.17, 15) is 0 Å². The molecule has 7 heteroatoms. The maximum atomic E-state index is 6.58. The fourth-order valence-corrected chi connectivity index (χ4v) is 9.72. The molecule has 0 radical (unpaired) electrons. The van der Waals surface area contributed by atoms with Crippen molar-refractivity contribution in [3.05, 3.63) is 24.3 Å². The predicted molar refractivity (Wildman–Crippen MR) is 235 cm³/mol. The van der Waals surface area contributed by atoms with E-state index in [-0.39, 0.29) is 6.29 Å². The van der Waals surface area contributed by atoms with Gasteiger partial charge in [-0.15, -0.1) is 6.42 Å². The van der Waals surface area contributed by atoms with E-state index in [1.165, 1.54) is 153 Å². The van der Waals surface area contributed by atoms with Crippen molar-refractivity contribution in [1.82, 2.24) is 4.90 Å². The van der Waals surface area contributed by atoms with Crippen molar-refractivity contribution >= 4 is 30.1 Å². The van der Waals surface area contributed by atoms with Crippen LogP contribution in [0.15, 0.2) is 24.3 Å². The van der Waals surface area contributed by atoms with Gasteiger partial charge in [0.1, 0.15) is 0 Å². The number of hydrogen-bond acceptors (Lipinski definition) is 6. The average molecular weight is 768 g/mol. The van der Waals surface area contributed by atoms with Gasteiger partial charge in [0.05, 0.1) is 12.3 Å². The van der Waals surface area contributed by atoms with Crippen LogP contribution in [0.25, 0.3) is 0 Å². The molecule has 0 aliphatic rings. The van der Waals surface area contributed by atoms with E-state index in [4.69, 9.17) is 20.0 Å². The molecule has 0 aromatic rings. The number of terminal acetylenes is 1. The average Bonchev–Trinajstić information content (AvgIpc) is 3.11. The molecular formula is C44H85NO3S2Si. The van der Waals surface area contributed by atoms with Gasteiger partial charge in [0.25, 0.3) is 0 Å². The summed E-state index contributed by atoms with van der Waals surface area (Å²) in [5, 5.41) is 0. The number of hydrogen-bond donors (Lipinski definition) is 0. The summed E-state index contributed by atoms with van der Waals surface area (Å²) in [6.07, 6.45) is 48.3. The highest BCUT2D eigenvalue weighted by atomic mass is 33.1. The van der Waals surface area contributed by atoms with Crippen LogP contribution in [0.3, 0.4) is 0 Å². The van der Waals surface area contributed by atoms with Gasteiger partial charge in [-0.05, 0) is 84.5 Å². The van der Waals surface area contributed by atoms with E-state index in [1.807, 2.05) is 21.6 Å². The first-order valence-electron chi connectivity index (χ1n) is 21.5. The molecule has 0 aliphatic heterocycles. The van der Waals surface area contributed by atoms with Crippen molar-refractivity contribution < 1.29 is 13.6 Å². The molecule has 0 heterocycles. The van der Waals surface area contributed by atoms with Gasteiger partial charge in [-0.25, -0.2) is 0 Å². The molecule has 1 unspecified atom stereocenters. The van der Waals surface area contributed by atoms with Crippen LogP contribution in [0.1, 0.15) is 181 Å². The maximum absolute atomic E-state index is 6.58. The van der Waals surface area contributed by atoms with Crippen LogP contribution in [-0.2, 0) is 13.6 Å². The first-order valence-corrected chi connectivity index (χ1v) is 26.8. The predicted octanol–water partition coefficient (Wildman–Crippen LogP) is 14.3. The van der Waals surface area contributed by atoms with Crippen molar-refractivity contribution in [2.24, 2.45) is 0 Å². The van der Waals surface area contributed by atoms with Crippen LogP contribution < -0.4 is 0 Å². The zero-order valence-corrected chi connectivity index (χ0v) is 37.2. The molecular weight excluding hydrogens is 683 g/mol. The summed E-state index contributed by atoms with van der Waals surface area (Å²) in [4.78, 5) is 2.21. The standard InChI is InChI=1S/C44H85NO3S2Si/c1-7-10-12-14-16-18-20-21-22-23-24-25-26-28-31-35-40-46-44(43-50-49-42-37-33-29-27-19-17-15-13-11-8-2)48-51(5,6)47-41-36-32-30-34-39-45(4)38-9-3/h3,16,18,21-22,44H,7-8,10-15,17,19-20,23-43H2,1-2,4-6H3/b18-16-,22-21-. The first-order chi connectivity index (χ1) is 24.9. The van der Waals surface area contributed by atoms with Crippen molar-refractivity contribution in [2.75, 3.05) is 44.9 Å². The Morgan fingerprint density at radius 1 is 0.627 bits per heavy atom. The Labute approximate surface area is 328 Å². The van der Waals surface area contributed by atoms with E-state index in [2.05, 4.69) is 69.1 Å². The minimum Gasteiger partial charge on any atom is -0.394 e. The second kappa shape index (κ2) is 41.0. The van der Waals surface area contributed by atoms with Crippen LogP contribution in [0.5, 0.6) is 0 Å². The molecule has 0 bridgehead atoms. The summed E-state index contributed by atoms with van der Waals surface area (Å²) in [7, 11) is 3.74. The fourth-order valence-electron chi connectivity index (χ4n) is 5.97. The summed E-state index contributed by atoms with van der Waals surface area (Å²) in [5.41, 5.74) is 0. The van der Waals surface area contributed by atoms with Gasteiger partial charge < -0.3 is 13.6 Å². The van der Waals surface area contributed by atoms with Crippen molar-refractivity contribution in [1.29, 1.82) is 0 Å². The number of unbranched alkanes of at least 4 members (excludes halogenated alkanes) is 21. The fraction of sp³-hybridized carbons (Fsp3) is 0.864. The lowest BCUT2D eigenvalue weighted by Gasteiger charge is -2.29. The SMILES string of the molecule is C#CCN(C)CCCCCCO[Si](C)(C)OC(CSSCCCCCCCCCCCC)OCCCCCCCC/C=C\C/C=C\CCCCC. The highest BCUT2D eigenvalue weighted by molar-refractivity contribution is 8.76. The van der Waals surface area contributed by atoms with Gasteiger partial charge in [-0.2, -0.15) is 0 Å². The highest BCUT2D eigenvalue weighted by Gasteiger charge is 2.29. The van der Waals surface area contributed by atoms with Crippen molar-refractivity contribution in [2.45, 2.75) is 200 Å². The van der Waals surface area contributed by atoms with Gasteiger partial charge in [0.15, 0.2) is 6.29 Å². The molecule has 0 N–H and O–H groups in total. The Bertz CT molecular complexity index is 804. The summed E-state index contributed by atoms with van der Waals surface area (Å²) < 4.78 is 19.3. The number of rotatable bonds is 41. The molecule has 51 heavy (non-hydrogen) atoms. The van der Waals surface area contributed by atoms with Gasteiger partial charge in [-0.3, -0.25) is 4.90 Å². The molecule has 1 atom stereocenters. The van der Waals surface area contributed by atoms with Gasteiger partial charge in [0, 0.05) is 19.0 Å². The van der Waals surface area contributed by atoms with Crippen molar-refractivity contribution in [3.8, 4) is 12.3 Å². The Hall–Kier alpha value is -0.203. The Balaban J connectivity index is 4.26. The Kier molecular flexibility index (Phi) is 40.8. The molecule has 0 rings (SSSR count).